The lowest BCUT2D eigenvalue weighted by Gasteiger charge is -2.05. The van der Waals surface area contributed by atoms with E-state index in [1.807, 2.05) is 6.07 Å². The Morgan fingerprint density at radius 1 is 1.32 bits per heavy atom. The number of hydrogen-bond donors (Lipinski definition) is 2. The normalized spacial score (nSPS) is 10.9. The first-order valence-corrected chi connectivity index (χ1v) is 6.50. The fourth-order valence-electron chi connectivity index (χ4n) is 1.64. The van der Waals surface area contributed by atoms with Crippen molar-refractivity contribution in [3.05, 3.63) is 35.6 Å². The van der Waals surface area contributed by atoms with Crippen LogP contribution in [0.4, 0.5) is 4.39 Å². The molecule has 0 bridgehead atoms. The summed E-state index contributed by atoms with van der Waals surface area (Å²) < 4.78 is 12.9. The summed E-state index contributed by atoms with van der Waals surface area (Å²) in [6.45, 7) is 3.44. The molecule has 19 heavy (non-hydrogen) atoms. The maximum Gasteiger partial charge on any atom is 0.188 e. The predicted octanol–water partition coefficient (Wildman–Crippen LogP) is 3.43. The summed E-state index contributed by atoms with van der Waals surface area (Å²) in [5.74, 6) is 0.185. The van der Waals surface area contributed by atoms with Crippen molar-refractivity contribution in [1.29, 1.82) is 0 Å². The van der Waals surface area contributed by atoms with E-state index in [4.69, 9.17) is 5.73 Å². The van der Waals surface area contributed by atoms with Crippen molar-refractivity contribution in [1.82, 2.24) is 5.32 Å². The molecule has 0 aliphatic rings. The zero-order chi connectivity index (χ0) is 13.2. The molecule has 0 unspecified atom stereocenters. The van der Waals surface area contributed by atoms with Gasteiger partial charge in [0.1, 0.15) is 5.82 Å². The molecule has 0 atom stereocenters. The van der Waals surface area contributed by atoms with E-state index < -0.39 is 0 Å². The highest BCUT2D eigenvalue weighted by Crippen LogP contribution is 2.04. The van der Waals surface area contributed by atoms with Crippen LogP contribution < -0.4 is 11.1 Å². The van der Waals surface area contributed by atoms with Crippen LogP contribution in [0.2, 0.25) is 0 Å². The number of rotatable bonds is 7. The van der Waals surface area contributed by atoms with Gasteiger partial charge in [-0.15, -0.1) is 24.0 Å². The second-order valence-corrected chi connectivity index (χ2v) is 4.32. The molecule has 108 valence electrons. The second-order valence-electron chi connectivity index (χ2n) is 4.32. The summed E-state index contributed by atoms with van der Waals surface area (Å²) in [6, 6.07) is 6.40. The number of nitrogens with zero attached hydrogens (tertiary/aromatic N) is 1. The Morgan fingerprint density at radius 2 is 2.11 bits per heavy atom. The van der Waals surface area contributed by atoms with Crippen molar-refractivity contribution < 1.29 is 4.39 Å². The molecule has 3 nitrogen and oxygen atoms in total. The van der Waals surface area contributed by atoms with Crippen LogP contribution in [0, 0.1) is 5.82 Å². The molecular formula is C14H23FIN3. The van der Waals surface area contributed by atoms with Crippen LogP contribution in [0.25, 0.3) is 0 Å². The summed E-state index contributed by atoms with van der Waals surface area (Å²) in [7, 11) is 0. The van der Waals surface area contributed by atoms with Crippen molar-refractivity contribution >= 4 is 29.9 Å². The maximum atomic E-state index is 12.9. The van der Waals surface area contributed by atoms with Crippen molar-refractivity contribution in [3.63, 3.8) is 0 Å². The summed E-state index contributed by atoms with van der Waals surface area (Å²) in [5, 5.41) is 3.06. The van der Waals surface area contributed by atoms with Gasteiger partial charge in [-0.3, -0.25) is 0 Å². The van der Waals surface area contributed by atoms with Gasteiger partial charge in [-0.1, -0.05) is 38.3 Å². The largest absolute Gasteiger partial charge is 0.370 e. The number of unbranched alkanes of at least 4 members (excludes halogenated alkanes) is 3. The van der Waals surface area contributed by atoms with Crippen LogP contribution in [-0.4, -0.2) is 12.5 Å². The number of hydrogen-bond acceptors (Lipinski definition) is 1. The number of aliphatic imine (C=N–C) groups is 1. The Kier molecular flexibility index (Phi) is 10.5. The molecule has 0 amide bonds. The van der Waals surface area contributed by atoms with Gasteiger partial charge < -0.3 is 11.1 Å². The lowest BCUT2D eigenvalue weighted by Crippen LogP contribution is -2.32. The standard InChI is InChI=1S/C14H22FN3.HI/c1-2-3-4-5-9-17-14(16)18-11-12-7-6-8-13(15)10-12;/h6-8,10H,2-5,9,11H2,1H3,(H3,16,17,18);1H. The average Bonchev–Trinajstić information content (AvgIpc) is 2.36. The zero-order valence-electron chi connectivity index (χ0n) is 11.4. The van der Waals surface area contributed by atoms with E-state index in [-0.39, 0.29) is 29.8 Å². The Morgan fingerprint density at radius 3 is 2.79 bits per heavy atom. The van der Waals surface area contributed by atoms with E-state index in [2.05, 4.69) is 17.2 Å². The predicted molar refractivity (Wildman–Crippen MR) is 89.3 cm³/mol. The number of halogens is 2. The third-order valence-electron chi connectivity index (χ3n) is 2.66. The van der Waals surface area contributed by atoms with Crippen molar-refractivity contribution in [3.8, 4) is 0 Å². The first kappa shape index (κ1) is 18.1. The van der Waals surface area contributed by atoms with Gasteiger partial charge in [-0.05, 0) is 24.1 Å². The molecule has 0 aliphatic heterocycles. The molecule has 5 heteroatoms. The zero-order valence-corrected chi connectivity index (χ0v) is 13.7. The lowest BCUT2D eigenvalue weighted by atomic mass is 10.2. The number of benzene rings is 1. The van der Waals surface area contributed by atoms with Crippen LogP contribution in [-0.2, 0) is 6.54 Å². The van der Waals surface area contributed by atoms with Crippen LogP contribution in [0.3, 0.4) is 0 Å². The first-order valence-electron chi connectivity index (χ1n) is 6.50. The van der Waals surface area contributed by atoms with E-state index in [1.165, 1.54) is 31.4 Å². The summed E-state index contributed by atoms with van der Waals surface area (Å²) in [5.41, 5.74) is 6.54. The minimum Gasteiger partial charge on any atom is -0.370 e. The molecule has 0 saturated carbocycles. The number of nitrogens with one attached hydrogen (secondary N) is 1. The monoisotopic (exact) mass is 379 g/mol. The van der Waals surface area contributed by atoms with Crippen LogP contribution in [0.1, 0.15) is 38.2 Å². The fourth-order valence-corrected chi connectivity index (χ4v) is 1.64. The van der Waals surface area contributed by atoms with E-state index >= 15 is 0 Å². The maximum absolute atomic E-state index is 12.9. The highest BCUT2D eigenvalue weighted by atomic mass is 127. The summed E-state index contributed by atoms with van der Waals surface area (Å²) >= 11 is 0. The summed E-state index contributed by atoms with van der Waals surface area (Å²) in [4.78, 5) is 4.17. The van der Waals surface area contributed by atoms with Crippen LogP contribution in [0.5, 0.6) is 0 Å². The third-order valence-corrected chi connectivity index (χ3v) is 2.66. The molecule has 0 aliphatic carbocycles. The molecule has 0 fully saturated rings. The van der Waals surface area contributed by atoms with Crippen LogP contribution in [0.15, 0.2) is 29.3 Å². The lowest BCUT2D eigenvalue weighted by molar-refractivity contribution is 0.625. The Labute approximate surface area is 131 Å². The third kappa shape index (κ3) is 8.80. The van der Waals surface area contributed by atoms with Gasteiger partial charge in [-0.2, -0.15) is 0 Å². The molecule has 0 aromatic heterocycles. The molecule has 3 N–H and O–H groups in total. The van der Waals surface area contributed by atoms with Gasteiger partial charge in [-0.25, -0.2) is 9.38 Å². The summed E-state index contributed by atoms with van der Waals surface area (Å²) in [6.07, 6.45) is 4.79. The highest BCUT2D eigenvalue weighted by molar-refractivity contribution is 14.0. The SMILES string of the molecule is CCCCCCNC(N)=NCc1cccc(F)c1.I. The molecule has 1 aromatic carbocycles. The molecule has 0 heterocycles. The van der Waals surface area contributed by atoms with Crippen LogP contribution >= 0.6 is 24.0 Å². The first-order chi connectivity index (χ1) is 8.72. The topological polar surface area (TPSA) is 50.4 Å². The van der Waals surface area contributed by atoms with Gasteiger partial charge in [0.05, 0.1) is 6.54 Å². The Balaban J connectivity index is 0.00000324. The Bertz CT molecular complexity index is 383. The second kappa shape index (κ2) is 11.0. The van der Waals surface area contributed by atoms with Gasteiger partial charge in [0, 0.05) is 6.54 Å². The van der Waals surface area contributed by atoms with E-state index in [0.717, 1.165) is 18.5 Å². The quantitative estimate of drug-likeness (QED) is 0.330. The van der Waals surface area contributed by atoms with E-state index in [0.29, 0.717) is 12.5 Å². The van der Waals surface area contributed by atoms with Crippen molar-refractivity contribution in [2.45, 2.75) is 39.2 Å². The highest BCUT2D eigenvalue weighted by Gasteiger charge is 1.95. The average molecular weight is 379 g/mol. The Hall–Kier alpha value is -0.850. The van der Waals surface area contributed by atoms with Gasteiger partial charge >= 0.3 is 0 Å². The molecule has 0 spiro atoms. The minimum absolute atomic E-state index is 0. The molecule has 0 radical (unpaired) electrons. The fraction of sp³-hybridized carbons (Fsp3) is 0.500. The number of guanidine groups is 1. The van der Waals surface area contributed by atoms with Crippen molar-refractivity contribution in [2.24, 2.45) is 10.7 Å². The minimum atomic E-state index is -0.242. The van der Waals surface area contributed by atoms with E-state index in [9.17, 15) is 4.39 Å². The molecular weight excluding hydrogens is 356 g/mol. The molecule has 1 aromatic rings. The van der Waals surface area contributed by atoms with Crippen molar-refractivity contribution in [2.75, 3.05) is 6.54 Å². The molecule has 1 rings (SSSR count). The van der Waals surface area contributed by atoms with Gasteiger partial charge in [0.15, 0.2) is 5.96 Å². The smallest absolute Gasteiger partial charge is 0.188 e. The molecule has 0 saturated heterocycles. The number of nitrogens with two attached hydrogens (primary N) is 1. The van der Waals surface area contributed by atoms with E-state index in [1.54, 1.807) is 6.07 Å². The van der Waals surface area contributed by atoms with Gasteiger partial charge in [0.2, 0.25) is 0 Å². The van der Waals surface area contributed by atoms with Gasteiger partial charge in [0.25, 0.3) is 0 Å².